The van der Waals surface area contributed by atoms with Gasteiger partial charge in [-0.2, -0.15) is 4.31 Å². The highest BCUT2D eigenvalue weighted by molar-refractivity contribution is 7.93. The van der Waals surface area contributed by atoms with E-state index in [9.17, 15) is 13.2 Å². The number of hydrogen-bond acceptors (Lipinski definition) is 4. The van der Waals surface area contributed by atoms with Gasteiger partial charge in [0, 0.05) is 5.56 Å². The molecule has 0 bridgehead atoms. The fourth-order valence-electron chi connectivity index (χ4n) is 2.84. The van der Waals surface area contributed by atoms with Crippen LogP contribution in [-0.4, -0.2) is 21.4 Å². The van der Waals surface area contributed by atoms with Gasteiger partial charge in [-0.1, -0.05) is 35.9 Å². The van der Waals surface area contributed by atoms with Crippen molar-refractivity contribution in [3.63, 3.8) is 0 Å². The zero-order valence-electron chi connectivity index (χ0n) is 16.2. The molecule has 1 amide bonds. The Morgan fingerprint density at radius 2 is 1.62 bits per heavy atom. The number of hydrogen-bond donors (Lipinski definition) is 0. The van der Waals surface area contributed by atoms with Gasteiger partial charge in [0.15, 0.2) is 0 Å². The standard InChI is InChI=1S/C22H20ClNO4S/c1-15-9-10-17(13-16(15)2)22(25)24(18-11-12-21(28-3)20(23)14-18)29(26,27)19-7-5-4-6-8-19/h4-14H,1-3H3. The molecule has 0 aliphatic rings. The van der Waals surface area contributed by atoms with Gasteiger partial charge in [0.25, 0.3) is 15.9 Å². The van der Waals surface area contributed by atoms with E-state index in [1.807, 2.05) is 13.8 Å². The van der Waals surface area contributed by atoms with Gasteiger partial charge in [-0.3, -0.25) is 4.79 Å². The predicted molar refractivity (Wildman–Crippen MR) is 114 cm³/mol. The average Bonchev–Trinajstić information content (AvgIpc) is 2.71. The van der Waals surface area contributed by atoms with Gasteiger partial charge in [0.05, 0.1) is 22.7 Å². The van der Waals surface area contributed by atoms with E-state index in [1.165, 1.54) is 37.4 Å². The van der Waals surface area contributed by atoms with E-state index in [1.54, 1.807) is 36.4 Å². The topological polar surface area (TPSA) is 63.7 Å². The second-order valence-corrected chi connectivity index (χ2v) is 8.70. The SMILES string of the molecule is COc1ccc(N(C(=O)c2ccc(C)c(C)c2)S(=O)(=O)c2ccccc2)cc1Cl. The van der Waals surface area contributed by atoms with E-state index in [0.29, 0.717) is 5.75 Å². The number of rotatable bonds is 5. The molecule has 0 fully saturated rings. The molecule has 0 heterocycles. The second-order valence-electron chi connectivity index (χ2n) is 6.51. The average molecular weight is 430 g/mol. The summed E-state index contributed by atoms with van der Waals surface area (Å²) >= 11 is 6.21. The molecule has 0 unspecified atom stereocenters. The second kappa shape index (κ2) is 8.27. The lowest BCUT2D eigenvalue weighted by molar-refractivity contribution is 0.101. The van der Waals surface area contributed by atoms with E-state index >= 15 is 0 Å². The van der Waals surface area contributed by atoms with Crippen LogP contribution < -0.4 is 9.04 Å². The molecule has 0 saturated heterocycles. The van der Waals surface area contributed by atoms with Crippen LogP contribution in [0.5, 0.6) is 5.75 Å². The fraction of sp³-hybridized carbons (Fsp3) is 0.136. The molecule has 0 N–H and O–H groups in total. The summed E-state index contributed by atoms with van der Waals surface area (Å²) in [7, 11) is -2.72. The van der Waals surface area contributed by atoms with Gasteiger partial charge in [-0.05, 0) is 67.4 Å². The number of halogens is 1. The van der Waals surface area contributed by atoms with E-state index in [-0.39, 0.29) is 21.2 Å². The van der Waals surface area contributed by atoms with Crippen LogP contribution in [0, 0.1) is 13.8 Å². The van der Waals surface area contributed by atoms with E-state index in [2.05, 4.69) is 0 Å². The molecule has 7 heteroatoms. The minimum absolute atomic E-state index is 0.00382. The summed E-state index contributed by atoms with van der Waals surface area (Å²) < 4.78 is 32.7. The van der Waals surface area contributed by atoms with Crippen LogP contribution in [0.3, 0.4) is 0 Å². The predicted octanol–water partition coefficient (Wildman–Crippen LogP) is 5.00. The molecule has 0 spiro atoms. The van der Waals surface area contributed by atoms with Gasteiger partial charge >= 0.3 is 0 Å². The van der Waals surface area contributed by atoms with E-state index in [4.69, 9.17) is 16.3 Å². The Kier molecular flexibility index (Phi) is 5.96. The van der Waals surface area contributed by atoms with Crippen molar-refractivity contribution in [1.82, 2.24) is 0 Å². The Morgan fingerprint density at radius 1 is 0.931 bits per heavy atom. The van der Waals surface area contributed by atoms with Crippen LogP contribution in [0.15, 0.2) is 71.6 Å². The molecule has 0 radical (unpaired) electrons. The molecule has 150 valence electrons. The zero-order valence-corrected chi connectivity index (χ0v) is 17.8. The molecular weight excluding hydrogens is 410 g/mol. The first-order valence-corrected chi connectivity index (χ1v) is 10.6. The molecule has 0 aliphatic heterocycles. The van der Waals surface area contributed by atoms with Crippen LogP contribution >= 0.6 is 11.6 Å². The number of carbonyl (C=O) groups excluding carboxylic acids is 1. The monoisotopic (exact) mass is 429 g/mol. The highest BCUT2D eigenvalue weighted by atomic mass is 35.5. The number of nitrogens with zero attached hydrogens (tertiary/aromatic N) is 1. The number of benzene rings is 3. The zero-order chi connectivity index (χ0) is 21.2. The van der Waals surface area contributed by atoms with Crippen molar-refractivity contribution in [2.75, 3.05) is 11.4 Å². The quantitative estimate of drug-likeness (QED) is 0.572. The molecule has 3 aromatic carbocycles. The third-order valence-electron chi connectivity index (χ3n) is 4.59. The first-order chi connectivity index (χ1) is 13.8. The summed E-state index contributed by atoms with van der Waals surface area (Å²) in [6, 6.07) is 17.3. The Labute approximate surface area is 175 Å². The molecule has 0 aromatic heterocycles. The maximum atomic E-state index is 13.4. The molecule has 5 nitrogen and oxygen atoms in total. The number of aryl methyl sites for hydroxylation is 2. The number of methoxy groups -OCH3 is 1. The van der Waals surface area contributed by atoms with Crippen molar-refractivity contribution in [3.8, 4) is 5.75 Å². The number of carbonyl (C=O) groups is 1. The largest absolute Gasteiger partial charge is 0.495 e. The first-order valence-electron chi connectivity index (χ1n) is 8.81. The van der Waals surface area contributed by atoms with Crippen molar-refractivity contribution in [2.24, 2.45) is 0 Å². The fourth-order valence-corrected chi connectivity index (χ4v) is 4.52. The normalized spacial score (nSPS) is 11.2. The number of anilines is 1. The maximum absolute atomic E-state index is 13.4. The summed E-state index contributed by atoms with van der Waals surface area (Å²) in [5.74, 6) is -0.288. The molecule has 0 saturated carbocycles. The third kappa shape index (κ3) is 4.13. The Morgan fingerprint density at radius 3 is 2.21 bits per heavy atom. The summed E-state index contributed by atoms with van der Waals surface area (Å²) in [6.45, 7) is 3.79. The number of sulfonamides is 1. The van der Waals surface area contributed by atoms with Crippen molar-refractivity contribution < 1.29 is 17.9 Å². The van der Waals surface area contributed by atoms with Crippen molar-refractivity contribution in [3.05, 3.63) is 88.4 Å². The van der Waals surface area contributed by atoms with Crippen molar-refractivity contribution in [2.45, 2.75) is 18.7 Å². The van der Waals surface area contributed by atoms with Crippen molar-refractivity contribution >= 4 is 33.2 Å². The number of amides is 1. The molecule has 0 atom stereocenters. The first kappa shape index (κ1) is 20.9. The minimum Gasteiger partial charge on any atom is -0.495 e. The van der Waals surface area contributed by atoms with Crippen LogP contribution in [0.1, 0.15) is 21.5 Å². The minimum atomic E-state index is -4.18. The Balaban J connectivity index is 2.20. The van der Waals surface area contributed by atoms with Gasteiger partial charge in [-0.25, -0.2) is 8.42 Å². The van der Waals surface area contributed by atoms with Crippen LogP contribution in [-0.2, 0) is 10.0 Å². The van der Waals surface area contributed by atoms with E-state index < -0.39 is 15.9 Å². The van der Waals surface area contributed by atoms with E-state index in [0.717, 1.165) is 15.4 Å². The lowest BCUT2D eigenvalue weighted by Crippen LogP contribution is -2.37. The van der Waals surface area contributed by atoms with Crippen molar-refractivity contribution in [1.29, 1.82) is 0 Å². The highest BCUT2D eigenvalue weighted by Gasteiger charge is 2.32. The molecular formula is C22H20ClNO4S. The molecule has 3 aromatic rings. The lowest BCUT2D eigenvalue weighted by Gasteiger charge is -2.23. The van der Waals surface area contributed by atoms with Gasteiger partial charge in [-0.15, -0.1) is 0 Å². The Bertz CT molecular complexity index is 1160. The molecule has 0 aliphatic carbocycles. The lowest BCUT2D eigenvalue weighted by atomic mass is 10.1. The summed E-state index contributed by atoms with van der Waals surface area (Å²) in [6.07, 6.45) is 0. The Hall–Kier alpha value is -2.83. The van der Waals surface area contributed by atoms with Crippen LogP contribution in [0.2, 0.25) is 5.02 Å². The maximum Gasteiger partial charge on any atom is 0.272 e. The molecule has 3 rings (SSSR count). The molecule has 29 heavy (non-hydrogen) atoms. The van der Waals surface area contributed by atoms with Gasteiger partial charge in [0.1, 0.15) is 5.75 Å². The highest BCUT2D eigenvalue weighted by Crippen LogP contribution is 2.33. The summed E-state index contributed by atoms with van der Waals surface area (Å²) in [5, 5.41) is 0.200. The van der Waals surface area contributed by atoms with Crippen LogP contribution in [0.25, 0.3) is 0 Å². The van der Waals surface area contributed by atoms with Gasteiger partial charge < -0.3 is 4.74 Å². The number of ether oxygens (including phenoxy) is 1. The summed E-state index contributed by atoms with van der Waals surface area (Å²) in [5.41, 5.74) is 2.29. The van der Waals surface area contributed by atoms with Crippen LogP contribution in [0.4, 0.5) is 5.69 Å². The van der Waals surface area contributed by atoms with Gasteiger partial charge in [0.2, 0.25) is 0 Å². The third-order valence-corrected chi connectivity index (χ3v) is 6.61. The summed E-state index contributed by atoms with van der Waals surface area (Å²) in [4.78, 5) is 13.4. The smallest absolute Gasteiger partial charge is 0.272 e.